The van der Waals surface area contributed by atoms with Gasteiger partial charge in [0.2, 0.25) is 5.91 Å². The Morgan fingerprint density at radius 2 is 1.08 bits per heavy atom. The third kappa shape index (κ3) is 6.32. The number of nitrogens with zero attached hydrogens (tertiary/aromatic N) is 1. The van der Waals surface area contributed by atoms with Gasteiger partial charge in [-0.2, -0.15) is 0 Å². The number of carbonyl (C=O) groups excluding carboxylic acids is 5. The molecule has 0 saturated heterocycles. The summed E-state index contributed by atoms with van der Waals surface area (Å²) in [7, 11) is 0. The molecule has 0 aliphatic rings. The summed E-state index contributed by atoms with van der Waals surface area (Å²) in [6.45, 7) is 6.07. The SMILES string of the molecule is CC(=O)Oc1cc(N)c(C#Cc2cn(C(C)=O)c3cc(OC(C)=O)c(OC(C)=O)cc23)cc1OC(C)=O. The van der Waals surface area contributed by atoms with Crippen LogP contribution >= 0.6 is 0 Å². The highest BCUT2D eigenvalue weighted by molar-refractivity contribution is 5.98. The van der Waals surface area contributed by atoms with Crippen molar-refractivity contribution < 1.29 is 42.9 Å². The number of hydrogen-bond acceptors (Lipinski definition) is 10. The minimum Gasteiger partial charge on any atom is -0.423 e. The predicted molar refractivity (Wildman–Crippen MR) is 130 cm³/mol. The van der Waals surface area contributed by atoms with Crippen molar-refractivity contribution >= 4 is 46.4 Å². The minimum absolute atomic E-state index is 0.0399. The van der Waals surface area contributed by atoms with E-state index in [0.717, 1.165) is 0 Å². The van der Waals surface area contributed by atoms with Crippen LogP contribution in [0.1, 0.15) is 50.5 Å². The van der Waals surface area contributed by atoms with Gasteiger partial charge in [0.15, 0.2) is 23.0 Å². The van der Waals surface area contributed by atoms with E-state index in [-0.39, 0.29) is 40.2 Å². The van der Waals surface area contributed by atoms with Crippen molar-refractivity contribution in [1.29, 1.82) is 0 Å². The number of anilines is 1. The van der Waals surface area contributed by atoms with E-state index >= 15 is 0 Å². The van der Waals surface area contributed by atoms with Gasteiger partial charge in [-0.1, -0.05) is 11.8 Å². The summed E-state index contributed by atoms with van der Waals surface area (Å²) >= 11 is 0. The molecule has 11 nitrogen and oxygen atoms in total. The lowest BCUT2D eigenvalue weighted by atomic mass is 10.1. The summed E-state index contributed by atoms with van der Waals surface area (Å²) in [6.07, 6.45) is 1.46. The van der Waals surface area contributed by atoms with E-state index in [1.807, 2.05) is 0 Å². The van der Waals surface area contributed by atoms with E-state index in [1.165, 1.54) is 69.6 Å². The van der Waals surface area contributed by atoms with Crippen molar-refractivity contribution in [3.63, 3.8) is 0 Å². The normalized spacial score (nSPS) is 10.2. The number of rotatable bonds is 4. The highest BCUT2D eigenvalue weighted by atomic mass is 16.6. The first-order chi connectivity index (χ1) is 17.3. The summed E-state index contributed by atoms with van der Waals surface area (Å²) in [5.74, 6) is 2.61. The maximum Gasteiger partial charge on any atom is 0.308 e. The molecule has 0 amide bonds. The third-order valence-corrected chi connectivity index (χ3v) is 4.67. The first-order valence-corrected chi connectivity index (χ1v) is 10.7. The first kappa shape index (κ1) is 26.5. The standard InChI is InChI=1S/C26H22N2O9/c1-13(29)28-12-19(20-9-24(35-15(3)31)26(11-22(20)28)37-17(5)33)7-6-18-8-23(34-14(2)30)25(10-21(18)27)36-16(4)32/h8-12H,27H2,1-5H3. The smallest absolute Gasteiger partial charge is 0.308 e. The molecule has 0 fully saturated rings. The van der Waals surface area contributed by atoms with E-state index in [0.29, 0.717) is 16.5 Å². The molecule has 0 aliphatic carbocycles. The van der Waals surface area contributed by atoms with Crippen LogP contribution in [0, 0.1) is 11.8 Å². The number of nitrogens with two attached hydrogens (primary N) is 1. The van der Waals surface area contributed by atoms with Gasteiger partial charge < -0.3 is 24.7 Å². The monoisotopic (exact) mass is 506 g/mol. The van der Waals surface area contributed by atoms with Crippen molar-refractivity contribution in [2.75, 3.05) is 5.73 Å². The van der Waals surface area contributed by atoms with Gasteiger partial charge in [0.25, 0.3) is 0 Å². The Bertz CT molecular complexity index is 1540. The van der Waals surface area contributed by atoms with E-state index in [4.69, 9.17) is 24.7 Å². The molecule has 190 valence electrons. The van der Waals surface area contributed by atoms with Gasteiger partial charge in [0.1, 0.15) is 0 Å². The van der Waals surface area contributed by atoms with Crippen LogP contribution in [0.2, 0.25) is 0 Å². The Kier molecular flexibility index (Phi) is 7.63. The van der Waals surface area contributed by atoms with Gasteiger partial charge in [0.05, 0.1) is 22.3 Å². The maximum absolute atomic E-state index is 12.3. The molecule has 37 heavy (non-hydrogen) atoms. The molecule has 2 N–H and O–H groups in total. The Labute approximate surface area is 211 Å². The fraction of sp³-hybridized carbons (Fsp3) is 0.192. The zero-order valence-electron chi connectivity index (χ0n) is 20.6. The number of benzene rings is 2. The van der Waals surface area contributed by atoms with Gasteiger partial charge in [-0.3, -0.25) is 28.5 Å². The van der Waals surface area contributed by atoms with Crippen molar-refractivity contribution in [3.05, 3.63) is 41.6 Å². The van der Waals surface area contributed by atoms with Crippen molar-refractivity contribution in [2.45, 2.75) is 34.6 Å². The Morgan fingerprint density at radius 3 is 1.57 bits per heavy atom. The van der Waals surface area contributed by atoms with Gasteiger partial charge >= 0.3 is 23.9 Å². The van der Waals surface area contributed by atoms with Gasteiger partial charge in [-0.15, -0.1) is 0 Å². The lowest BCUT2D eigenvalue weighted by Gasteiger charge is -2.10. The van der Waals surface area contributed by atoms with E-state index in [1.54, 1.807) is 0 Å². The molecule has 3 rings (SSSR count). The van der Waals surface area contributed by atoms with Gasteiger partial charge in [0, 0.05) is 64.4 Å². The fourth-order valence-electron chi connectivity index (χ4n) is 3.35. The number of hydrogen-bond donors (Lipinski definition) is 1. The molecule has 11 heteroatoms. The van der Waals surface area contributed by atoms with Gasteiger partial charge in [-0.25, -0.2) is 0 Å². The largest absolute Gasteiger partial charge is 0.423 e. The van der Waals surface area contributed by atoms with E-state index < -0.39 is 23.9 Å². The molecule has 0 radical (unpaired) electrons. The molecule has 1 aromatic heterocycles. The Balaban J connectivity index is 2.20. The molecular weight excluding hydrogens is 484 g/mol. The molecule has 1 heterocycles. The number of aromatic nitrogens is 1. The molecule has 0 saturated carbocycles. The van der Waals surface area contributed by atoms with Crippen LogP contribution in [-0.2, 0) is 19.2 Å². The topological polar surface area (TPSA) is 153 Å². The molecule has 2 aromatic carbocycles. The molecule has 0 aliphatic heterocycles. The molecular formula is C26H22N2O9. The van der Waals surface area contributed by atoms with Crippen LogP contribution in [0.4, 0.5) is 5.69 Å². The average Bonchev–Trinajstić information content (AvgIpc) is 3.11. The Morgan fingerprint density at radius 1 is 0.649 bits per heavy atom. The van der Waals surface area contributed by atoms with Crippen LogP contribution < -0.4 is 24.7 Å². The number of ether oxygens (including phenoxy) is 4. The quantitative estimate of drug-likeness (QED) is 0.242. The maximum atomic E-state index is 12.3. The predicted octanol–water partition coefficient (Wildman–Crippen LogP) is 2.98. The molecule has 0 atom stereocenters. The summed E-state index contributed by atoms with van der Waals surface area (Å²) in [5, 5.41) is 0.421. The highest BCUT2D eigenvalue weighted by Gasteiger charge is 2.19. The highest BCUT2D eigenvalue weighted by Crippen LogP contribution is 2.36. The van der Waals surface area contributed by atoms with Crippen LogP contribution in [0.3, 0.4) is 0 Å². The van der Waals surface area contributed by atoms with Crippen molar-refractivity contribution in [1.82, 2.24) is 4.57 Å². The number of carbonyl (C=O) groups is 5. The second kappa shape index (κ2) is 10.7. The summed E-state index contributed by atoms with van der Waals surface area (Å²) in [6, 6.07) is 5.46. The summed E-state index contributed by atoms with van der Waals surface area (Å²) in [4.78, 5) is 58.3. The van der Waals surface area contributed by atoms with Gasteiger partial charge in [-0.05, 0) is 6.07 Å². The molecule has 3 aromatic rings. The molecule has 0 bridgehead atoms. The zero-order valence-corrected chi connectivity index (χ0v) is 20.6. The zero-order chi connectivity index (χ0) is 27.4. The average molecular weight is 506 g/mol. The summed E-state index contributed by atoms with van der Waals surface area (Å²) < 4.78 is 21.8. The van der Waals surface area contributed by atoms with Crippen LogP contribution in [0.25, 0.3) is 10.9 Å². The van der Waals surface area contributed by atoms with Crippen LogP contribution in [0.5, 0.6) is 23.0 Å². The van der Waals surface area contributed by atoms with Crippen LogP contribution in [-0.4, -0.2) is 34.4 Å². The van der Waals surface area contributed by atoms with E-state index in [9.17, 15) is 24.0 Å². The van der Waals surface area contributed by atoms with Crippen LogP contribution in [0.15, 0.2) is 30.5 Å². The second-order valence-corrected chi connectivity index (χ2v) is 7.76. The second-order valence-electron chi connectivity index (χ2n) is 7.76. The Hall–Kier alpha value is -5.11. The third-order valence-electron chi connectivity index (χ3n) is 4.67. The first-order valence-electron chi connectivity index (χ1n) is 10.7. The summed E-state index contributed by atoms with van der Waals surface area (Å²) in [5.41, 5.74) is 7.15. The van der Waals surface area contributed by atoms with Crippen molar-refractivity contribution in [2.24, 2.45) is 0 Å². The van der Waals surface area contributed by atoms with Crippen molar-refractivity contribution in [3.8, 4) is 34.8 Å². The number of fused-ring (bicyclic) bond motifs is 1. The molecule has 0 spiro atoms. The minimum atomic E-state index is -0.650. The fourth-order valence-corrected chi connectivity index (χ4v) is 3.35. The molecule has 0 unspecified atom stereocenters. The van der Waals surface area contributed by atoms with E-state index in [2.05, 4.69) is 11.8 Å². The lowest BCUT2D eigenvalue weighted by Crippen LogP contribution is -2.08. The number of esters is 4. The number of nitrogen functional groups attached to an aromatic ring is 1. The lowest BCUT2D eigenvalue weighted by molar-refractivity contribution is -0.134.